The third kappa shape index (κ3) is 6.37. The quantitative estimate of drug-likeness (QED) is 0.533. The summed E-state index contributed by atoms with van der Waals surface area (Å²) in [5, 5.41) is 15.9. The maximum atomic E-state index is 11.7. The molecule has 1 atom stereocenters. The highest BCUT2D eigenvalue weighted by Gasteiger charge is 2.38. The number of piperazine rings is 1. The van der Waals surface area contributed by atoms with Crippen LogP contribution in [0.3, 0.4) is 0 Å². The predicted octanol–water partition coefficient (Wildman–Crippen LogP) is 0.342. The number of carbonyl (C=O) groups excluding carboxylic acids is 2. The predicted molar refractivity (Wildman–Crippen MR) is 92.8 cm³/mol. The maximum absolute atomic E-state index is 11.7. The van der Waals surface area contributed by atoms with Crippen LogP contribution in [0.2, 0.25) is 0 Å². The summed E-state index contributed by atoms with van der Waals surface area (Å²) in [7, 11) is 0. The first-order valence-electron chi connectivity index (χ1n) is 8.49. The fourth-order valence-electron chi connectivity index (χ4n) is 2.58. The van der Waals surface area contributed by atoms with Crippen LogP contribution in [0.1, 0.15) is 12.8 Å². The van der Waals surface area contributed by atoms with Crippen molar-refractivity contribution in [1.29, 1.82) is 0 Å². The number of nitrogens with zero attached hydrogens (tertiary/aromatic N) is 2. The van der Waals surface area contributed by atoms with Crippen LogP contribution in [0.25, 0.3) is 0 Å². The van der Waals surface area contributed by atoms with Crippen LogP contribution in [0.4, 0.5) is 24.7 Å². The van der Waals surface area contributed by atoms with Crippen LogP contribution in [0, 0.1) is 0 Å². The number of aromatic nitrogens is 1. The zero-order valence-corrected chi connectivity index (χ0v) is 14.8. The van der Waals surface area contributed by atoms with Gasteiger partial charge in [0.1, 0.15) is 11.9 Å². The second kappa shape index (κ2) is 9.35. The average Bonchev–Trinajstić information content (AvgIpc) is 2.65. The maximum Gasteiger partial charge on any atom is 0.490 e. The zero-order chi connectivity index (χ0) is 20.7. The highest BCUT2D eigenvalue weighted by Crippen LogP contribution is 2.17. The minimum absolute atomic E-state index is 0.203. The number of pyridine rings is 1. The van der Waals surface area contributed by atoms with Crippen molar-refractivity contribution in [2.24, 2.45) is 0 Å². The lowest BCUT2D eigenvalue weighted by molar-refractivity contribution is -0.192. The molecular weight excluding hydrogens is 383 g/mol. The molecule has 2 amide bonds. The summed E-state index contributed by atoms with van der Waals surface area (Å²) in [4.78, 5) is 38.4. The normalized spacial score (nSPS) is 20.0. The molecule has 12 heteroatoms. The Morgan fingerprint density at radius 2 is 1.89 bits per heavy atom. The van der Waals surface area contributed by atoms with Gasteiger partial charge in [-0.25, -0.2) is 9.78 Å². The molecule has 2 saturated heterocycles. The second-order valence-electron chi connectivity index (χ2n) is 6.09. The van der Waals surface area contributed by atoms with Gasteiger partial charge in [0.2, 0.25) is 11.8 Å². The minimum atomic E-state index is -5.08. The van der Waals surface area contributed by atoms with E-state index in [1.54, 1.807) is 6.20 Å². The number of piperidine rings is 1. The summed E-state index contributed by atoms with van der Waals surface area (Å²) in [5.74, 6) is -2.28. The number of rotatable bonds is 3. The lowest BCUT2D eigenvalue weighted by Crippen LogP contribution is -2.47. The van der Waals surface area contributed by atoms with Crippen LogP contribution in [0.15, 0.2) is 18.3 Å². The molecule has 9 nitrogen and oxygen atoms in total. The highest BCUT2D eigenvalue weighted by molar-refractivity contribution is 6.01. The van der Waals surface area contributed by atoms with Crippen LogP contribution in [-0.2, 0) is 14.4 Å². The van der Waals surface area contributed by atoms with Gasteiger partial charge in [0.05, 0.1) is 11.9 Å². The number of amides is 2. The van der Waals surface area contributed by atoms with E-state index in [0.717, 1.165) is 37.7 Å². The van der Waals surface area contributed by atoms with Gasteiger partial charge in [-0.15, -0.1) is 0 Å². The number of aliphatic carboxylic acids is 1. The number of carbonyl (C=O) groups is 3. The van der Waals surface area contributed by atoms with Gasteiger partial charge in [-0.3, -0.25) is 14.9 Å². The van der Waals surface area contributed by atoms with Gasteiger partial charge in [0.15, 0.2) is 0 Å². The largest absolute Gasteiger partial charge is 0.490 e. The van der Waals surface area contributed by atoms with Crippen molar-refractivity contribution in [2.75, 3.05) is 36.4 Å². The summed E-state index contributed by atoms with van der Waals surface area (Å²) < 4.78 is 31.7. The summed E-state index contributed by atoms with van der Waals surface area (Å²) in [5.41, 5.74) is 0.795. The number of carboxylic acid groups (broad SMARTS) is 1. The molecule has 1 aromatic heterocycles. The van der Waals surface area contributed by atoms with E-state index in [4.69, 9.17) is 9.90 Å². The topological polar surface area (TPSA) is 124 Å². The molecule has 3 heterocycles. The molecule has 3 rings (SSSR count). The zero-order valence-electron chi connectivity index (χ0n) is 14.8. The van der Waals surface area contributed by atoms with Crippen molar-refractivity contribution in [1.82, 2.24) is 15.6 Å². The smallest absolute Gasteiger partial charge is 0.475 e. The van der Waals surface area contributed by atoms with E-state index in [-0.39, 0.29) is 17.9 Å². The molecule has 4 N–H and O–H groups in total. The van der Waals surface area contributed by atoms with Gasteiger partial charge >= 0.3 is 12.1 Å². The van der Waals surface area contributed by atoms with Crippen LogP contribution in [-0.4, -0.2) is 66.3 Å². The molecule has 1 unspecified atom stereocenters. The molecule has 0 aromatic carbocycles. The van der Waals surface area contributed by atoms with E-state index in [9.17, 15) is 22.8 Å². The van der Waals surface area contributed by atoms with Crippen molar-refractivity contribution in [2.45, 2.75) is 25.1 Å². The summed E-state index contributed by atoms with van der Waals surface area (Å²) in [6.45, 7) is 3.84. The molecule has 154 valence electrons. The third-order valence-electron chi connectivity index (χ3n) is 4.01. The molecule has 0 aliphatic carbocycles. The van der Waals surface area contributed by atoms with E-state index in [1.165, 1.54) is 0 Å². The number of anilines is 2. The van der Waals surface area contributed by atoms with Crippen molar-refractivity contribution in [3.63, 3.8) is 0 Å². The Morgan fingerprint density at radius 1 is 1.25 bits per heavy atom. The van der Waals surface area contributed by atoms with E-state index in [2.05, 4.69) is 25.8 Å². The SMILES string of the molecule is O=C(O)C(F)(F)F.O=C1CCC(Nc2ccc(N3CCNCC3)nc2)C(=O)N1. The van der Waals surface area contributed by atoms with E-state index in [1.807, 2.05) is 12.1 Å². The first kappa shape index (κ1) is 21.4. The van der Waals surface area contributed by atoms with Crippen molar-refractivity contribution < 1.29 is 32.7 Å². The molecular formula is C16H20F3N5O4. The minimum Gasteiger partial charge on any atom is -0.475 e. The standard InChI is InChI=1S/C14H19N5O2.C2HF3O2/c20-13-4-2-11(14(21)18-13)17-10-1-3-12(16-9-10)19-7-5-15-6-8-19;3-2(4,5)1(6)7/h1,3,9,11,15,17H,2,4-8H2,(H,18,20,21);(H,6,7). The lowest BCUT2D eigenvalue weighted by atomic mass is 10.1. The number of hydrogen-bond donors (Lipinski definition) is 4. The molecule has 2 aliphatic rings. The van der Waals surface area contributed by atoms with Crippen molar-refractivity contribution >= 4 is 29.3 Å². The second-order valence-corrected chi connectivity index (χ2v) is 6.09. The first-order chi connectivity index (χ1) is 13.2. The van der Waals surface area contributed by atoms with Gasteiger partial charge in [-0.05, 0) is 18.6 Å². The summed E-state index contributed by atoms with van der Waals surface area (Å²) >= 11 is 0. The van der Waals surface area contributed by atoms with Gasteiger partial charge in [-0.2, -0.15) is 13.2 Å². The van der Waals surface area contributed by atoms with Gasteiger partial charge in [0, 0.05) is 32.6 Å². The molecule has 0 saturated carbocycles. The van der Waals surface area contributed by atoms with Gasteiger partial charge in [0.25, 0.3) is 0 Å². The first-order valence-corrected chi connectivity index (χ1v) is 8.49. The molecule has 0 radical (unpaired) electrons. The molecule has 2 fully saturated rings. The molecule has 0 spiro atoms. The van der Waals surface area contributed by atoms with E-state index >= 15 is 0 Å². The number of alkyl halides is 3. The fraction of sp³-hybridized carbons (Fsp3) is 0.500. The number of imide groups is 1. The van der Waals surface area contributed by atoms with E-state index in [0.29, 0.717) is 12.8 Å². The Hall–Kier alpha value is -2.89. The Morgan fingerprint density at radius 3 is 2.39 bits per heavy atom. The summed E-state index contributed by atoms with van der Waals surface area (Å²) in [6.07, 6.45) is -2.46. The molecule has 2 aliphatic heterocycles. The third-order valence-corrected chi connectivity index (χ3v) is 4.01. The van der Waals surface area contributed by atoms with Gasteiger partial charge in [-0.1, -0.05) is 0 Å². The van der Waals surface area contributed by atoms with E-state index < -0.39 is 12.1 Å². The number of nitrogens with one attached hydrogen (secondary N) is 3. The molecule has 1 aromatic rings. The molecule has 0 bridgehead atoms. The highest BCUT2D eigenvalue weighted by atomic mass is 19.4. The Bertz CT molecular complexity index is 705. The lowest BCUT2D eigenvalue weighted by Gasteiger charge is -2.28. The molecule has 28 heavy (non-hydrogen) atoms. The Kier molecular flexibility index (Phi) is 7.15. The monoisotopic (exact) mass is 403 g/mol. The number of carboxylic acids is 1. The van der Waals surface area contributed by atoms with Crippen molar-refractivity contribution in [3.05, 3.63) is 18.3 Å². The van der Waals surface area contributed by atoms with Crippen molar-refractivity contribution in [3.8, 4) is 0 Å². The Labute approximate surface area is 158 Å². The van der Waals surface area contributed by atoms with Gasteiger partial charge < -0.3 is 20.6 Å². The van der Waals surface area contributed by atoms with Crippen LogP contribution < -0.4 is 20.9 Å². The number of halogens is 3. The van der Waals surface area contributed by atoms with Crippen LogP contribution in [0.5, 0.6) is 0 Å². The fourth-order valence-corrected chi connectivity index (χ4v) is 2.58. The van der Waals surface area contributed by atoms with Crippen LogP contribution >= 0.6 is 0 Å². The summed E-state index contributed by atoms with van der Waals surface area (Å²) in [6, 6.07) is 3.52. The number of hydrogen-bond acceptors (Lipinski definition) is 7. The average molecular weight is 403 g/mol. The Balaban J connectivity index is 0.000000345.